The Morgan fingerprint density at radius 1 is 1.41 bits per heavy atom. The van der Waals surface area contributed by atoms with Crippen LogP contribution in [0, 0.1) is 5.92 Å². The van der Waals surface area contributed by atoms with Crippen LogP contribution in [0.4, 0.5) is 0 Å². The van der Waals surface area contributed by atoms with Crippen molar-refractivity contribution >= 4 is 10.0 Å². The zero-order chi connectivity index (χ0) is 12.3. The smallest absolute Gasteiger partial charge is 0.257 e. The summed E-state index contributed by atoms with van der Waals surface area (Å²) in [6.07, 6.45) is 8.01. The second-order valence-corrected chi connectivity index (χ2v) is 6.35. The molecule has 6 heteroatoms. The van der Waals surface area contributed by atoms with Crippen molar-refractivity contribution in [2.45, 2.75) is 50.1 Å². The van der Waals surface area contributed by atoms with Crippen molar-refractivity contribution in [1.82, 2.24) is 14.7 Å². The van der Waals surface area contributed by atoms with Gasteiger partial charge in [-0.3, -0.25) is 0 Å². The van der Waals surface area contributed by atoms with E-state index in [1.54, 1.807) is 0 Å². The predicted octanol–water partition coefficient (Wildman–Crippen LogP) is 1.66. The third-order valence-electron chi connectivity index (χ3n) is 3.51. The van der Waals surface area contributed by atoms with Crippen LogP contribution in [0.3, 0.4) is 0 Å². The summed E-state index contributed by atoms with van der Waals surface area (Å²) in [4.78, 5) is 6.36. The molecule has 1 aliphatic rings. The molecule has 0 aromatic carbocycles. The highest BCUT2D eigenvalue weighted by Crippen LogP contribution is 2.27. The van der Waals surface area contributed by atoms with Crippen molar-refractivity contribution in [2.75, 3.05) is 0 Å². The molecule has 1 aromatic rings. The lowest BCUT2D eigenvalue weighted by Gasteiger charge is -2.27. The lowest BCUT2D eigenvalue weighted by atomic mass is 9.85. The number of aromatic nitrogens is 2. The van der Waals surface area contributed by atoms with E-state index in [1.165, 1.54) is 18.9 Å². The Labute approximate surface area is 102 Å². The number of nitrogens with one attached hydrogen (secondary N) is 2. The summed E-state index contributed by atoms with van der Waals surface area (Å²) < 4.78 is 26.6. The highest BCUT2D eigenvalue weighted by atomic mass is 32.2. The standard InChI is InChI=1S/C11H19N3O2S/c1-2-9-3-5-10(6-4-9)14-17(15,16)11-7-12-8-13-11/h7-10,14H,2-6H2,1H3,(H,12,13). The van der Waals surface area contributed by atoms with Gasteiger partial charge in [0.05, 0.1) is 12.5 Å². The van der Waals surface area contributed by atoms with Crippen molar-refractivity contribution in [3.63, 3.8) is 0 Å². The molecule has 1 aliphatic carbocycles. The number of aromatic amines is 1. The second-order valence-electron chi connectivity index (χ2n) is 4.66. The Kier molecular flexibility index (Phi) is 3.83. The molecule has 17 heavy (non-hydrogen) atoms. The third kappa shape index (κ3) is 3.07. The van der Waals surface area contributed by atoms with Crippen molar-refractivity contribution in [1.29, 1.82) is 0 Å². The van der Waals surface area contributed by atoms with Crippen molar-refractivity contribution in [3.8, 4) is 0 Å². The van der Waals surface area contributed by atoms with E-state index in [1.807, 2.05) is 0 Å². The average molecular weight is 257 g/mol. The second kappa shape index (κ2) is 5.18. The zero-order valence-electron chi connectivity index (χ0n) is 10.0. The van der Waals surface area contributed by atoms with E-state index >= 15 is 0 Å². The highest BCUT2D eigenvalue weighted by Gasteiger charge is 2.25. The Bertz CT molecular complexity index is 433. The van der Waals surface area contributed by atoms with E-state index in [4.69, 9.17) is 0 Å². The monoisotopic (exact) mass is 257 g/mol. The number of H-pyrrole nitrogens is 1. The number of nitrogens with zero attached hydrogens (tertiary/aromatic N) is 1. The van der Waals surface area contributed by atoms with Crippen LogP contribution in [0.2, 0.25) is 0 Å². The predicted molar refractivity (Wildman–Crippen MR) is 64.9 cm³/mol. The number of sulfonamides is 1. The number of hydrogen-bond donors (Lipinski definition) is 2. The van der Waals surface area contributed by atoms with E-state index in [9.17, 15) is 8.42 Å². The molecule has 0 spiro atoms. The fourth-order valence-electron chi connectivity index (χ4n) is 2.36. The molecule has 0 aliphatic heterocycles. The molecule has 2 N–H and O–H groups in total. The topological polar surface area (TPSA) is 74.8 Å². The molecule has 1 aromatic heterocycles. The van der Waals surface area contributed by atoms with Gasteiger partial charge in [-0.1, -0.05) is 13.3 Å². The summed E-state index contributed by atoms with van der Waals surface area (Å²) in [5.74, 6) is 0.767. The van der Waals surface area contributed by atoms with Gasteiger partial charge in [-0.2, -0.15) is 0 Å². The first-order chi connectivity index (χ1) is 8.12. The molecule has 1 saturated carbocycles. The largest absolute Gasteiger partial charge is 0.335 e. The minimum atomic E-state index is -3.41. The lowest BCUT2D eigenvalue weighted by Crippen LogP contribution is -2.37. The Hall–Kier alpha value is -0.880. The SMILES string of the molecule is CCC1CCC(NS(=O)(=O)c2cnc[nH]2)CC1. The van der Waals surface area contributed by atoms with E-state index in [-0.39, 0.29) is 11.1 Å². The van der Waals surface area contributed by atoms with E-state index in [0.29, 0.717) is 0 Å². The molecule has 0 saturated heterocycles. The van der Waals surface area contributed by atoms with E-state index in [2.05, 4.69) is 21.6 Å². The fraction of sp³-hybridized carbons (Fsp3) is 0.727. The number of hydrogen-bond acceptors (Lipinski definition) is 3. The summed E-state index contributed by atoms with van der Waals surface area (Å²) in [7, 11) is -3.41. The van der Waals surface area contributed by atoms with Gasteiger partial charge < -0.3 is 4.98 Å². The molecular formula is C11H19N3O2S. The molecule has 0 atom stereocenters. The molecule has 96 valence electrons. The van der Waals surface area contributed by atoms with Crippen molar-refractivity contribution in [2.24, 2.45) is 5.92 Å². The minimum absolute atomic E-state index is 0.0751. The molecule has 1 heterocycles. The van der Waals surface area contributed by atoms with Crippen LogP contribution in [0.15, 0.2) is 17.6 Å². The molecular weight excluding hydrogens is 238 g/mol. The van der Waals surface area contributed by atoms with Gasteiger partial charge in [-0.05, 0) is 31.6 Å². The summed E-state index contributed by atoms with van der Waals surface area (Å²) in [5.41, 5.74) is 0. The van der Waals surface area contributed by atoms with Crippen LogP contribution in [0.25, 0.3) is 0 Å². The minimum Gasteiger partial charge on any atom is -0.335 e. The van der Waals surface area contributed by atoms with E-state index in [0.717, 1.165) is 31.6 Å². The van der Waals surface area contributed by atoms with Gasteiger partial charge in [-0.15, -0.1) is 0 Å². The van der Waals surface area contributed by atoms with Gasteiger partial charge in [-0.25, -0.2) is 18.1 Å². The van der Waals surface area contributed by atoms with E-state index < -0.39 is 10.0 Å². The first kappa shape index (κ1) is 12.6. The Balaban J connectivity index is 1.94. The van der Waals surface area contributed by atoms with Gasteiger partial charge >= 0.3 is 0 Å². The zero-order valence-corrected chi connectivity index (χ0v) is 10.8. The van der Waals surface area contributed by atoms with Crippen molar-refractivity contribution < 1.29 is 8.42 Å². The maximum atomic E-state index is 11.9. The maximum absolute atomic E-state index is 11.9. The van der Waals surface area contributed by atoms with Crippen LogP contribution < -0.4 is 4.72 Å². The normalized spacial score (nSPS) is 25.9. The summed E-state index contributed by atoms with van der Waals surface area (Å²) >= 11 is 0. The van der Waals surface area contributed by atoms with Crippen LogP contribution in [-0.4, -0.2) is 24.4 Å². The third-order valence-corrected chi connectivity index (χ3v) is 4.95. The van der Waals surface area contributed by atoms with Gasteiger partial charge in [0.1, 0.15) is 0 Å². The fourth-order valence-corrected chi connectivity index (χ4v) is 3.57. The molecule has 2 rings (SSSR count). The van der Waals surface area contributed by atoms with Gasteiger partial charge in [0.25, 0.3) is 10.0 Å². The molecule has 0 radical (unpaired) electrons. The van der Waals surface area contributed by atoms with Crippen LogP contribution in [0.1, 0.15) is 39.0 Å². The molecule has 0 unspecified atom stereocenters. The molecule has 0 bridgehead atoms. The summed E-state index contributed by atoms with van der Waals surface area (Å²) in [6, 6.07) is 0.0751. The van der Waals surface area contributed by atoms with Gasteiger partial charge in [0, 0.05) is 6.04 Å². The first-order valence-corrected chi connectivity index (χ1v) is 7.61. The maximum Gasteiger partial charge on any atom is 0.257 e. The first-order valence-electron chi connectivity index (χ1n) is 6.12. The summed E-state index contributed by atoms with van der Waals surface area (Å²) in [6.45, 7) is 2.19. The van der Waals surface area contributed by atoms with Gasteiger partial charge in [0.2, 0.25) is 0 Å². The Morgan fingerprint density at radius 3 is 2.65 bits per heavy atom. The average Bonchev–Trinajstić information content (AvgIpc) is 2.84. The van der Waals surface area contributed by atoms with Crippen LogP contribution in [0.5, 0.6) is 0 Å². The Morgan fingerprint density at radius 2 is 2.12 bits per heavy atom. The number of rotatable bonds is 4. The molecule has 0 amide bonds. The molecule has 5 nitrogen and oxygen atoms in total. The van der Waals surface area contributed by atoms with Crippen LogP contribution in [-0.2, 0) is 10.0 Å². The van der Waals surface area contributed by atoms with Gasteiger partial charge in [0.15, 0.2) is 5.03 Å². The summed E-state index contributed by atoms with van der Waals surface area (Å²) in [5, 5.41) is 0.148. The molecule has 1 fully saturated rings. The van der Waals surface area contributed by atoms with Crippen LogP contribution >= 0.6 is 0 Å². The van der Waals surface area contributed by atoms with Crippen molar-refractivity contribution in [3.05, 3.63) is 12.5 Å². The lowest BCUT2D eigenvalue weighted by molar-refractivity contribution is 0.306. The highest BCUT2D eigenvalue weighted by molar-refractivity contribution is 7.89. The number of imidazole rings is 1. The quantitative estimate of drug-likeness (QED) is 0.861.